The van der Waals surface area contributed by atoms with Crippen molar-refractivity contribution in [2.75, 3.05) is 11.4 Å². The quantitative estimate of drug-likeness (QED) is 0.676. The number of rotatable bonds is 0. The summed E-state index contributed by atoms with van der Waals surface area (Å²) in [7, 11) is 0. The zero-order chi connectivity index (χ0) is 12.6. The molecular weight excluding hydrogens is 200 g/mol. The van der Waals surface area contributed by atoms with Crippen LogP contribution in [0.25, 0.3) is 0 Å². The Morgan fingerprint density at radius 1 is 1.31 bits per heavy atom. The fourth-order valence-corrected chi connectivity index (χ4v) is 1.51. The van der Waals surface area contributed by atoms with Gasteiger partial charge in [0.25, 0.3) is 0 Å². The lowest BCUT2D eigenvalue weighted by Gasteiger charge is -2.12. The molecule has 3 heteroatoms. The predicted molar refractivity (Wildman–Crippen MR) is 68.7 cm³/mol. The molecule has 0 spiro atoms. The van der Waals surface area contributed by atoms with E-state index < -0.39 is 0 Å². The summed E-state index contributed by atoms with van der Waals surface area (Å²) in [6.07, 6.45) is 2.66. The highest BCUT2D eigenvalue weighted by atomic mass is 16.2. The monoisotopic (exact) mass is 222 g/mol. The zero-order valence-corrected chi connectivity index (χ0v) is 10.9. The first kappa shape index (κ1) is 14.6. The van der Waals surface area contributed by atoms with Crippen molar-refractivity contribution in [2.45, 2.75) is 41.0 Å². The normalized spacial score (nSPS) is 11.7. The van der Waals surface area contributed by atoms with E-state index >= 15 is 0 Å². The molecule has 3 nitrogen and oxygen atoms in total. The molecule has 0 radical (unpaired) electrons. The topological polar surface area (TPSA) is 33.2 Å². The summed E-state index contributed by atoms with van der Waals surface area (Å²) in [5, 5.41) is 0. The van der Waals surface area contributed by atoms with Crippen LogP contribution in [0.5, 0.6) is 0 Å². The molecule has 1 aromatic rings. The average Bonchev–Trinajstić information content (AvgIpc) is 2.78. The van der Waals surface area contributed by atoms with Crippen LogP contribution >= 0.6 is 0 Å². The van der Waals surface area contributed by atoms with Gasteiger partial charge in [-0.2, -0.15) is 0 Å². The summed E-state index contributed by atoms with van der Waals surface area (Å²) in [6, 6.07) is 3.92. The second kappa shape index (κ2) is 7.85. The Hall–Kier alpha value is -1.38. The van der Waals surface area contributed by atoms with E-state index in [4.69, 9.17) is 0 Å². The van der Waals surface area contributed by atoms with E-state index in [0.717, 1.165) is 18.8 Å². The Labute approximate surface area is 98.5 Å². The highest BCUT2D eigenvalue weighted by Crippen LogP contribution is 2.24. The first-order valence-electron chi connectivity index (χ1n) is 6.01. The van der Waals surface area contributed by atoms with Crippen LogP contribution in [0.15, 0.2) is 18.3 Å². The van der Waals surface area contributed by atoms with Crippen molar-refractivity contribution in [3.05, 3.63) is 23.9 Å². The van der Waals surface area contributed by atoms with Gasteiger partial charge in [0.15, 0.2) is 0 Å². The lowest BCUT2D eigenvalue weighted by Crippen LogP contribution is -2.26. The van der Waals surface area contributed by atoms with Gasteiger partial charge in [-0.15, -0.1) is 0 Å². The summed E-state index contributed by atoms with van der Waals surface area (Å²) in [4.78, 5) is 17.0. The van der Waals surface area contributed by atoms with Gasteiger partial charge in [-0.3, -0.25) is 9.69 Å². The van der Waals surface area contributed by atoms with Gasteiger partial charge >= 0.3 is 0 Å². The number of carbonyl (C=O) groups is 1. The smallest absolute Gasteiger partial charge is 0.225 e. The maximum Gasteiger partial charge on any atom is 0.225 e. The third-order valence-electron chi connectivity index (χ3n) is 2.11. The Bertz CT molecular complexity index is 323. The first-order valence-corrected chi connectivity index (χ1v) is 6.01. The van der Waals surface area contributed by atoms with E-state index in [-0.39, 0.29) is 5.91 Å². The molecule has 2 heterocycles. The van der Waals surface area contributed by atoms with Gasteiger partial charge in [0.05, 0.1) is 0 Å². The van der Waals surface area contributed by atoms with Gasteiger partial charge in [-0.25, -0.2) is 4.98 Å². The van der Waals surface area contributed by atoms with Crippen LogP contribution in [0.4, 0.5) is 5.82 Å². The average molecular weight is 222 g/mol. The van der Waals surface area contributed by atoms with Gasteiger partial charge < -0.3 is 0 Å². The number of amides is 1. The number of carbonyl (C=O) groups excluding carboxylic acids is 1. The Balaban J connectivity index is 0.000000509. The summed E-state index contributed by atoms with van der Waals surface area (Å²) < 4.78 is 0. The molecule has 0 aromatic carbocycles. The molecule has 1 aromatic heterocycles. The van der Waals surface area contributed by atoms with E-state index in [1.165, 1.54) is 5.56 Å². The third kappa shape index (κ3) is 3.33. The maximum atomic E-state index is 11.1. The molecule has 0 saturated heterocycles. The number of anilines is 1. The van der Waals surface area contributed by atoms with Gasteiger partial charge in [0, 0.05) is 19.7 Å². The molecule has 0 atom stereocenters. The van der Waals surface area contributed by atoms with Crippen molar-refractivity contribution in [3.63, 3.8) is 0 Å². The number of aromatic nitrogens is 1. The van der Waals surface area contributed by atoms with Crippen molar-refractivity contribution in [1.29, 1.82) is 0 Å². The molecule has 16 heavy (non-hydrogen) atoms. The molecule has 2 rings (SSSR count). The second-order valence-electron chi connectivity index (χ2n) is 2.91. The number of fused-ring (bicyclic) bond motifs is 1. The molecule has 90 valence electrons. The molecule has 0 bridgehead atoms. The molecule has 1 amide bonds. The highest BCUT2D eigenvalue weighted by Gasteiger charge is 2.22. The summed E-state index contributed by atoms with van der Waals surface area (Å²) in [5.74, 6) is 0.914. The SMILES string of the molecule is CC.CC.CC(=O)N1CCc2cccnc21. The molecule has 0 fully saturated rings. The fraction of sp³-hybridized carbons (Fsp3) is 0.538. The van der Waals surface area contributed by atoms with E-state index in [9.17, 15) is 4.79 Å². The zero-order valence-electron chi connectivity index (χ0n) is 10.9. The molecular formula is C13H22N2O. The Kier molecular flexibility index (Phi) is 7.18. The van der Waals surface area contributed by atoms with E-state index in [1.807, 2.05) is 39.8 Å². The van der Waals surface area contributed by atoms with Crippen LogP contribution in [0.2, 0.25) is 0 Å². The lowest BCUT2D eigenvalue weighted by atomic mass is 10.2. The fourth-order valence-electron chi connectivity index (χ4n) is 1.51. The van der Waals surface area contributed by atoms with E-state index in [1.54, 1.807) is 18.0 Å². The second-order valence-corrected chi connectivity index (χ2v) is 2.91. The lowest BCUT2D eigenvalue weighted by molar-refractivity contribution is -0.116. The number of hydrogen-bond acceptors (Lipinski definition) is 2. The minimum atomic E-state index is 0.0763. The largest absolute Gasteiger partial charge is 0.297 e. The minimum absolute atomic E-state index is 0.0763. The Morgan fingerprint density at radius 3 is 2.50 bits per heavy atom. The molecule has 1 aliphatic heterocycles. The van der Waals surface area contributed by atoms with Gasteiger partial charge in [0.2, 0.25) is 5.91 Å². The van der Waals surface area contributed by atoms with Crippen molar-refractivity contribution in [3.8, 4) is 0 Å². The minimum Gasteiger partial charge on any atom is -0.297 e. The third-order valence-corrected chi connectivity index (χ3v) is 2.11. The van der Waals surface area contributed by atoms with Crippen LogP contribution in [0.1, 0.15) is 40.2 Å². The van der Waals surface area contributed by atoms with Gasteiger partial charge in [0.1, 0.15) is 5.82 Å². The molecule has 0 aliphatic carbocycles. The number of pyridine rings is 1. The molecule has 1 aliphatic rings. The summed E-state index contributed by atoms with van der Waals surface area (Å²) in [5.41, 5.74) is 1.17. The highest BCUT2D eigenvalue weighted by molar-refractivity contribution is 5.92. The van der Waals surface area contributed by atoms with Crippen LogP contribution < -0.4 is 4.90 Å². The van der Waals surface area contributed by atoms with Gasteiger partial charge in [-0.1, -0.05) is 33.8 Å². The predicted octanol–water partition coefficient (Wildman–Crippen LogP) is 3.04. The van der Waals surface area contributed by atoms with Crippen molar-refractivity contribution in [2.24, 2.45) is 0 Å². The van der Waals surface area contributed by atoms with Crippen molar-refractivity contribution < 1.29 is 4.79 Å². The van der Waals surface area contributed by atoms with Crippen molar-refractivity contribution >= 4 is 11.7 Å². The van der Waals surface area contributed by atoms with Crippen LogP contribution in [0, 0.1) is 0 Å². The number of nitrogens with zero attached hydrogens (tertiary/aromatic N) is 2. The standard InChI is InChI=1S/C9H10N2O.2C2H6/c1-7(12)11-6-4-8-3-2-5-10-9(8)11;2*1-2/h2-3,5H,4,6H2,1H3;2*1-2H3. The first-order chi connectivity index (χ1) is 7.79. The maximum absolute atomic E-state index is 11.1. The van der Waals surface area contributed by atoms with Crippen LogP contribution in [-0.4, -0.2) is 17.4 Å². The summed E-state index contributed by atoms with van der Waals surface area (Å²) in [6.45, 7) is 10.4. The van der Waals surface area contributed by atoms with Crippen LogP contribution in [0.3, 0.4) is 0 Å². The molecule has 0 saturated carbocycles. The summed E-state index contributed by atoms with van der Waals surface area (Å²) >= 11 is 0. The number of hydrogen-bond donors (Lipinski definition) is 0. The van der Waals surface area contributed by atoms with Gasteiger partial charge in [-0.05, 0) is 18.1 Å². The molecule has 0 unspecified atom stereocenters. The van der Waals surface area contributed by atoms with E-state index in [2.05, 4.69) is 4.98 Å². The van der Waals surface area contributed by atoms with Crippen LogP contribution in [-0.2, 0) is 11.2 Å². The van der Waals surface area contributed by atoms with E-state index in [0.29, 0.717) is 0 Å². The van der Waals surface area contributed by atoms with Crippen molar-refractivity contribution in [1.82, 2.24) is 4.98 Å². The Morgan fingerprint density at radius 2 is 1.94 bits per heavy atom. The molecule has 0 N–H and O–H groups in total.